The molecule has 0 aliphatic carbocycles. The first-order valence-electron chi connectivity index (χ1n) is 16.1. The Kier molecular flexibility index (Phi) is 6.50. The smallest absolute Gasteiger partial charge is 0.0780 e. The van der Waals surface area contributed by atoms with E-state index < -0.39 is 0 Å². The van der Waals surface area contributed by atoms with Gasteiger partial charge in [0, 0.05) is 33.5 Å². The lowest BCUT2D eigenvalue weighted by molar-refractivity contribution is 1.18. The maximum Gasteiger partial charge on any atom is 0.0780 e. The summed E-state index contributed by atoms with van der Waals surface area (Å²) in [5.74, 6) is 0. The highest BCUT2D eigenvalue weighted by molar-refractivity contribution is 6.12. The van der Waals surface area contributed by atoms with Crippen LogP contribution in [0.2, 0.25) is 0 Å². The van der Waals surface area contributed by atoms with Crippen LogP contribution in [0.4, 0.5) is 0 Å². The average molecular weight is 599 g/mol. The van der Waals surface area contributed by atoms with Gasteiger partial charge in [-0.15, -0.1) is 0 Å². The van der Waals surface area contributed by atoms with Gasteiger partial charge in [-0.05, 0) is 69.8 Å². The third kappa shape index (κ3) is 4.62. The molecule has 0 aliphatic rings. The molecule has 2 heteroatoms. The first-order chi connectivity index (χ1) is 23.3. The Morgan fingerprint density at radius 3 is 1.51 bits per heavy atom. The van der Waals surface area contributed by atoms with Crippen LogP contribution in [0.25, 0.3) is 82.9 Å². The van der Waals surface area contributed by atoms with Gasteiger partial charge in [-0.25, -0.2) is 0 Å². The van der Waals surface area contributed by atoms with Crippen molar-refractivity contribution in [3.63, 3.8) is 0 Å². The summed E-state index contributed by atoms with van der Waals surface area (Å²) >= 11 is 0. The normalized spacial score (nSPS) is 11.4. The number of aromatic nitrogens is 2. The zero-order valence-electron chi connectivity index (χ0n) is 25.7. The summed E-state index contributed by atoms with van der Waals surface area (Å²) in [4.78, 5) is 4.81. The van der Waals surface area contributed by atoms with E-state index in [1.165, 1.54) is 60.8 Å². The van der Waals surface area contributed by atoms with Crippen LogP contribution in [0.15, 0.2) is 182 Å². The third-order valence-electron chi connectivity index (χ3n) is 9.26. The number of hydrogen-bond acceptors (Lipinski definition) is 1. The Morgan fingerprint density at radius 2 is 0.872 bits per heavy atom. The molecule has 9 aromatic rings. The molecule has 0 saturated heterocycles. The predicted octanol–water partition coefficient (Wildman–Crippen LogP) is 12.0. The van der Waals surface area contributed by atoms with Crippen molar-refractivity contribution < 1.29 is 0 Å². The zero-order valence-corrected chi connectivity index (χ0v) is 25.7. The summed E-state index contributed by atoms with van der Waals surface area (Å²) in [6.07, 6.45) is 1.88. The maximum absolute atomic E-state index is 4.81. The SMILES string of the molecule is c1ccc(-c2ccc3c(c2)c2cc(-c4ccccc4)ccc2n3-c2ccccc2-c2ccccc2-c2cccc3cccnc23)cc1. The van der Waals surface area contributed by atoms with Gasteiger partial charge in [0.05, 0.1) is 22.2 Å². The van der Waals surface area contributed by atoms with Gasteiger partial charge in [0.15, 0.2) is 0 Å². The molecule has 2 aromatic heterocycles. The Balaban J connectivity index is 1.32. The number of para-hydroxylation sites is 2. The summed E-state index contributed by atoms with van der Waals surface area (Å²) in [6.45, 7) is 0. The van der Waals surface area contributed by atoms with Crippen LogP contribution in [0, 0.1) is 0 Å². The van der Waals surface area contributed by atoms with Gasteiger partial charge >= 0.3 is 0 Å². The number of pyridine rings is 1. The second kappa shape index (κ2) is 11.3. The second-order valence-corrected chi connectivity index (χ2v) is 12.0. The van der Waals surface area contributed by atoms with Gasteiger partial charge in [0.1, 0.15) is 0 Å². The Labute approximate surface area is 273 Å². The fraction of sp³-hybridized carbons (Fsp3) is 0. The molecule has 0 amide bonds. The summed E-state index contributed by atoms with van der Waals surface area (Å²) in [5, 5.41) is 3.61. The van der Waals surface area contributed by atoms with Crippen molar-refractivity contribution in [1.29, 1.82) is 0 Å². The molecular weight excluding hydrogens is 569 g/mol. The highest BCUT2D eigenvalue weighted by Crippen LogP contribution is 2.42. The fourth-order valence-corrected chi connectivity index (χ4v) is 7.07. The number of benzene rings is 7. The lowest BCUT2D eigenvalue weighted by Gasteiger charge is -2.17. The predicted molar refractivity (Wildman–Crippen MR) is 198 cm³/mol. The molecule has 47 heavy (non-hydrogen) atoms. The van der Waals surface area contributed by atoms with Gasteiger partial charge < -0.3 is 4.57 Å². The lowest BCUT2D eigenvalue weighted by atomic mass is 9.92. The van der Waals surface area contributed by atoms with Crippen LogP contribution in [-0.4, -0.2) is 9.55 Å². The molecule has 0 N–H and O–H groups in total. The molecule has 2 heterocycles. The van der Waals surface area contributed by atoms with Crippen LogP contribution in [0.5, 0.6) is 0 Å². The molecule has 0 radical (unpaired) electrons. The minimum Gasteiger partial charge on any atom is -0.309 e. The molecule has 0 fully saturated rings. The topological polar surface area (TPSA) is 17.8 Å². The summed E-state index contributed by atoms with van der Waals surface area (Å²) in [7, 11) is 0. The Bertz CT molecular complexity index is 2460. The molecule has 2 nitrogen and oxygen atoms in total. The standard InChI is InChI=1S/C45H30N2/c1-3-13-31(14-4-1)34-24-26-43-40(29-34)41-30-35(32-15-5-2-6-16-32)25-27-44(41)47(43)42-23-10-9-21-38(42)36-19-7-8-20-37(36)39-22-11-17-33-18-12-28-46-45(33)39/h1-30H. The van der Waals surface area contributed by atoms with E-state index in [0.29, 0.717) is 0 Å². The highest BCUT2D eigenvalue weighted by Gasteiger charge is 2.19. The Hall–Kier alpha value is -6.25. The Morgan fingerprint density at radius 1 is 0.362 bits per heavy atom. The average Bonchev–Trinajstić information content (AvgIpc) is 3.48. The fourth-order valence-electron chi connectivity index (χ4n) is 7.07. The van der Waals surface area contributed by atoms with E-state index in [-0.39, 0.29) is 0 Å². The number of fused-ring (bicyclic) bond motifs is 4. The van der Waals surface area contributed by atoms with Crippen molar-refractivity contribution in [3.8, 4) is 50.2 Å². The summed E-state index contributed by atoms with van der Waals surface area (Å²) in [6, 6.07) is 63.2. The van der Waals surface area contributed by atoms with Crippen molar-refractivity contribution in [2.75, 3.05) is 0 Å². The minimum atomic E-state index is 1.01. The lowest BCUT2D eigenvalue weighted by Crippen LogP contribution is -1.98. The van der Waals surface area contributed by atoms with E-state index in [9.17, 15) is 0 Å². The van der Waals surface area contributed by atoms with E-state index in [1.807, 2.05) is 12.3 Å². The van der Waals surface area contributed by atoms with Crippen molar-refractivity contribution >= 4 is 32.7 Å². The van der Waals surface area contributed by atoms with Crippen LogP contribution < -0.4 is 0 Å². The van der Waals surface area contributed by atoms with Crippen LogP contribution >= 0.6 is 0 Å². The number of hydrogen-bond donors (Lipinski definition) is 0. The largest absolute Gasteiger partial charge is 0.309 e. The van der Waals surface area contributed by atoms with E-state index in [0.717, 1.165) is 22.2 Å². The monoisotopic (exact) mass is 598 g/mol. The van der Waals surface area contributed by atoms with Crippen LogP contribution in [-0.2, 0) is 0 Å². The van der Waals surface area contributed by atoms with Gasteiger partial charge in [-0.3, -0.25) is 4.98 Å². The molecule has 0 spiro atoms. The number of rotatable bonds is 5. The molecule has 7 aromatic carbocycles. The van der Waals surface area contributed by atoms with Gasteiger partial charge in [0.25, 0.3) is 0 Å². The summed E-state index contributed by atoms with van der Waals surface area (Å²) in [5.41, 5.74) is 14.0. The van der Waals surface area contributed by atoms with E-state index in [4.69, 9.17) is 4.98 Å². The van der Waals surface area contributed by atoms with Gasteiger partial charge in [0.2, 0.25) is 0 Å². The van der Waals surface area contributed by atoms with E-state index in [1.54, 1.807) is 0 Å². The molecule has 0 unspecified atom stereocenters. The van der Waals surface area contributed by atoms with E-state index >= 15 is 0 Å². The minimum absolute atomic E-state index is 1.01. The third-order valence-corrected chi connectivity index (χ3v) is 9.26. The molecule has 0 aliphatic heterocycles. The van der Waals surface area contributed by atoms with Crippen molar-refractivity contribution in [2.24, 2.45) is 0 Å². The van der Waals surface area contributed by atoms with Crippen LogP contribution in [0.1, 0.15) is 0 Å². The first-order valence-corrected chi connectivity index (χ1v) is 16.1. The van der Waals surface area contributed by atoms with E-state index in [2.05, 4.69) is 174 Å². The molecular formula is C45H30N2. The summed E-state index contributed by atoms with van der Waals surface area (Å²) < 4.78 is 2.45. The molecule has 0 saturated carbocycles. The van der Waals surface area contributed by atoms with Crippen molar-refractivity contribution in [2.45, 2.75) is 0 Å². The maximum atomic E-state index is 4.81. The molecule has 0 bridgehead atoms. The molecule has 0 atom stereocenters. The quantitative estimate of drug-likeness (QED) is 0.193. The van der Waals surface area contributed by atoms with Gasteiger partial charge in [-0.2, -0.15) is 0 Å². The molecule has 220 valence electrons. The molecule has 9 rings (SSSR count). The van der Waals surface area contributed by atoms with Crippen LogP contribution in [0.3, 0.4) is 0 Å². The highest BCUT2D eigenvalue weighted by atomic mass is 15.0. The number of nitrogens with zero attached hydrogens (tertiary/aromatic N) is 2. The zero-order chi connectivity index (χ0) is 31.2. The van der Waals surface area contributed by atoms with Crippen molar-refractivity contribution in [3.05, 3.63) is 182 Å². The first kappa shape index (κ1) is 27.1. The second-order valence-electron chi connectivity index (χ2n) is 12.0. The van der Waals surface area contributed by atoms with Crippen molar-refractivity contribution in [1.82, 2.24) is 9.55 Å². The van der Waals surface area contributed by atoms with Gasteiger partial charge in [-0.1, -0.05) is 140 Å².